The molecule has 7 nitrogen and oxygen atoms in total. The van der Waals surface area contributed by atoms with Gasteiger partial charge >= 0.3 is 6.18 Å². The summed E-state index contributed by atoms with van der Waals surface area (Å²) in [5.41, 5.74) is -0.413. The lowest BCUT2D eigenvalue weighted by Gasteiger charge is -2.39. The lowest BCUT2D eigenvalue weighted by molar-refractivity contribution is -0.141. The molecule has 3 heterocycles. The second-order valence-electron chi connectivity index (χ2n) is 6.91. The zero-order chi connectivity index (χ0) is 19.0. The van der Waals surface area contributed by atoms with Gasteiger partial charge in [0.1, 0.15) is 17.8 Å². The molecule has 0 aromatic carbocycles. The number of hydrogen-bond acceptors (Lipinski definition) is 5. The molecule has 2 aromatic rings. The number of hydrogen-bond donors (Lipinski definition) is 1. The number of likely N-dealkylation sites (tertiary alicyclic amines) is 1. The highest BCUT2D eigenvalue weighted by Crippen LogP contribution is 2.37. The van der Waals surface area contributed by atoms with Crippen LogP contribution < -0.4 is 4.90 Å². The molecule has 0 atom stereocenters. The van der Waals surface area contributed by atoms with E-state index >= 15 is 0 Å². The number of amides is 1. The maximum absolute atomic E-state index is 13.0. The quantitative estimate of drug-likeness (QED) is 0.882. The van der Waals surface area contributed by atoms with Crippen molar-refractivity contribution in [3.63, 3.8) is 0 Å². The Labute approximate surface area is 153 Å². The van der Waals surface area contributed by atoms with E-state index < -0.39 is 11.9 Å². The van der Waals surface area contributed by atoms with Crippen molar-refractivity contribution in [1.82, 2.24) is 25.1 Å². The van der Waals surface area contributed by atoms with Gasteiger partial charge in [-0.2, -0.15) is 18.3 Å². The van der Waals surface area contributed by atoms with Gasteiger partial charge in [-0.15, -0.1) is 0 Å². The Balaban J connectivity index is 1.48. The fourth-order valence-electron chi connectivity index (χ4n) is 3.57. The van der Waals surface area contributed by atoms with Crippen LogP contribution in [0, 0.1) is 0 Å². The molecule has 0 unspecified atom stereocenters. The van der Waals surface area contributed by atoms with Crippen molar-refractivity contribution in [3.05, 3.63) is 36.0 Å². The molecule has 1 N–H and O–H groups in total. The van der Waals surface area contributed by atoms with Crippen LogP contribution in [-0.4, -0.2) is 56.1 Å². The standard InChI is InChI=1S/C17H19F3N6O/c18-17(19,20)14-7-15(22-10-21-14)26(12-1-2-12)13-3-5-25(6-4-13)16(27)11-8-23-24-9-11/h7-10,12-13H,1-6H2,(H,23,24). The SMILES string of the molecule is O=C(c1cn[nH]c1)N1CCC(N(c2cc(C(F)(F)F)ncn2)C2CC2)CC1. The molecule has 1 aliphatic heterocycles. The number of carbonyl (C=O) groups is 1. The van der Waals surface area contributed by atoms with Crippen molar-refractivity contribution in [3.8, 4) is 0 Å². The Bertz CT molecular complexity index is 797. The van der Waals surface area contributed by atoms with Crippen molar-refractivity contribution >= 4 is 11.7 Å². The molecule has 0 bridgehead atoms. The van der Waals surface area contributed by atoms with Crippen LogP contribution in [0.4, 0.5) is 19.0 Å². The average Bonchev–Trinajstić information content (AvgIpc) is 3.33. The number of nitrogens with zero attached hydrogens (tertiary/aromatic N) is 5. The molecule has 2 aromatic heterocycles. The minimum absolute atomic E-state index is 0.0573. The van der Waals surface area contributed by atoms with E-state index in [2.05, 4.69) is 20.2 Å². The van der Waals surface area contributed by atoms with E-state index in [1.807, 2.05) is 4.90 Å². The first-order valence-electron chi connectivity index (χ1n) is 8.89. The Kier molecular flexibility index (Phi) is 4.48. The molecule has 2 aliphatic rings. The van der Waals surface area contributed by atoms with Gasteiger partial charge in [-0.25, -0.2) is 9.97 Å². The van der Waals surface area contributed by atoms with E-state index in [1.54, 1.807) is 11.1 Å². The molecular weight excluding hydrogens is 361 g/mol. The molecule has 144 valence electrons. The fourth-order valence-corrected chi connectivity index (χ4v) is 3.57. The van der Waals surface area contributed by atoms with Crippen molar-refractivity contribution < 1.29 is 18.0 Å². The van der Waals surface area contributed by atoms with E-state index in [4.69, 9.17) is 0 Å². The first-order valence-corrected chi connectivity index (χ1v) is 8.89. The number of H-pyrrole nitrogens is 1. The highest BCUT2D eigenvalue weighted by Gasteiger charge is 2.39. The average molecular weight is 380 g/mol. The first-order chi connectivity index (χ1) is 12.9. The van der Waals surface area contributed by atoms with Crippen LogP contribution >= 0.6 is 0 Å². The van der Waals surface area contributed by atoms with Gasteiger partial charge in [-0.05, 0) is 25.7 Å². The summed E-state index contributed by atoms with van der Waals surface area (Å²) in [7, 11) is 0. The smallest absolute Gasteiger partial charge is 0.350 e. The van der Waals surface area contributed by atoms with Gasteiger partial charge in [0.2, 0.25) is 0 Å². The normalized spacial score (nSPS) is 18.6. The number of rotatable bonds is 4. The molecule has 1 amide bonds. The Morgan fingerprint density at radius 3 is 2.44 bits per heavy atom. The second kappa shape index (κ2) is 6.82. The largest absolute Gasteiger partial charge is 0.433 e. The van der Waals surface area contributed by atoms with Crippen LogP contribution in [0.1, 0.15) is 41.7 Å². The number of anilines is 1. The summed E-state index contributed by atoms with van der Waals surface area (Å²) in [5, 5.41) is 6.42. The lowest BCUT2D eigenvalue weighted by atomic mass is 10.0. The third-order valence-corrected chi connectivity index (χ3v) is 5.04. The van der Waals surface area contributed by atoms with Crippen LogP contribution in [0.15, 0.2) is 24.8 Å². The minimum Gasteiger partial charge on any atom is -0.350 e. The summed E-state index contributed by atoms with van der Waals surface area (Å²) in [6.07, 6.45) is 2.79. The number of piperidine rings is 1. The molecule has 27 heavy (non-hydrogen) atoms. The summed E-state index contributed by atoms with van der Waals surface area (Å²) in [4.78, 5) is 23.6. The van der Waals surface area contributed by atoms with Crippen LogP contribution in [0.3, 0.4) is 0 Å². The summed E-state index contributed by atoms with van der Waals surface area (Å²) in [5.74, 6) is 0.237. The summed E-state index contributed by atoms with van der Waals surface area (Å²) < 4.78 is 39.0. The lowest BCUT2D eigenvalue weighted by Crippen LogP contribution is -2.48. The molecule has 1 aliphatic carbocycles. The van der Waals surface area contributed by atoms with Crippen LogP contribution in [-0.2, 0) is 6.18 Å². The summed E-state index contributed by atoms with van der Waals surface area (Å²) >= 11 is 0. The van der Waals surface area contributed by atoms with E-state index in [-0.39, 0.29) is 18.0 Å². The minimum atomic E-state index is -4.49. The number of aromatic nitrogens is 4. The van der Waals surface area contributed by atoms with Crippen molar-refractivity contribution in [2.24, 2.45) is 0 Å². The van der Waals surface area contributed by atoms with Gasteiger partial charge < -0.3 is 9.80 Å². The monoisotopic (exact) mass is 380 g/mol. The number of aromatic amines is 1. The summed E-state index contributed by atoms with van der Waals surface area (Å²) in [6, 6.07) is 1.30. The molecule has 2 fully saturated rings. The molecule has 0 spiro atoms. The highest BCUT2D eigenvalue weighted by molar-refractivity contribution is 5.93. The molecule has 4 rings (SSSR count). The molecule has 1 saturated carbocycles. The van der Waals surface area contributed by atoms with Gasteiger partial charge in [0.25, 0.3) is 5.91 Å². The Morgan fingerprint density at radius 1 is 1.15 bits per heavy atom. The number of halogens is 3. The van der Waals surface area contributed by atoms with E-state index in [9.17, 15) is 18.0 Å². The Hall–Kier alpha value is -2.65. The van der Waals surface area contributed by atoms with Crippen molar-refractivity contribution in [2.75, 3.05) is 18.0 Å². The van der Waals surface area contributed by atoms with Crippen LogP contribution in [0.5, 0.6) is 0 Å². The fraction of sp³-hybridized carbons (Fsp3) is 0.529. The maximum atomic E-state index is 13.0. The molecule has 1 saturated heterocycles. The number of carbonyl (C=O) groups excluding carboxylic acids is 1. The molecule has 10 heteroatoms. The third-order valence-electron chi connectivity index (χ3n) is 5.04. The Morgan fingerprint density at radius 2 is 1.85 bits per heavy atom. The predicted octanol–water partition coefficient (Wildman–Crippen LogP) is 2.49. The topological polar surface area (TPSA) is 78.0 Å². The van der Waals surface area contributed by atoms with Gasteiger partial charge in [-0.1, -0.05) is 0 Å². The van der Waals surface area contributed by atoms with Gasteiger partial charge in [0, 0.05) is 37.4 Å². The highest BCUT2D eigenvalue weighted by atomic mass is 19.4. The van der Waals surface area contributed by atoms with Crippen LogP contribution in [0.25, 0.3) is 0 Å². The first kappa shape index (κ1) is 17.7. The zero-order valence-electron chi connectivity index (χ0n) is 14.5. The summed E-state index contributed by atoms with van der Waals surface area (Å²) in [6.45, 7) is 1.10. The number of alkyl halides is 3. The molecular formula is C17H19F3N6O. The van der Waals surface area contributed by atoms with Gasteiger partial charge in [0.05, 0.1) is 11.8 Å². The van der Waals surface area contributed by atoms with E-state index in [1.165, 1.54) is 6.20 Å². The van der Waals surface area contributed by atoms with Crippen LogP contribution in [0.2, 0.25) is 0 Å². The van der Waals surface area contributed by atoms with E-state index in [0.717, 1.165) is 25.2 Å². The van der Waals surface area contributed by atoms with E-state index in [0.29, 0.717) is 37.3 Å². The molecule has 0 radical (unpaired) electrons. The van der Waals surface area contributed by atoms with Gasteiger partial charge in [0.15, 0.2) is 0 Å². The van der Waals surface area contributed by atoms with Crippen molar-refractivity contribution in [2.45, 2.75) is 43.9 Å². The predicted molar refractivity (Wildman–Crippen MR) is 90.0 cm³/mol. The number of nitrogens with one attached hydrogen (secondary N) is 1. The maximum Gasteiger partial charge on any atom is 0.433 e. The van der Waals surface area contributed by atoms with Gasteiger partial charge in [-0.3, -0.25) is 9.89 Å². The second-order valence-corrected chi connectivity index (χ2v) is 6.91. The van der Waals surface area contributed by atoms with Crippen molar-refractivity contribution in [1.29, 1.82) is 0 Å². The third kappa shape index (κ3) is 3.74. The zero-order valence-corrected chi connectivity index (χ0v) is 14.5.